The Bertz CT molecular complexity index is 201. The van der Waals surface area contributed by atoms with E-state index in [1.165, 1.54) is 0 Å². The van der Waals surface area contributed by atoms with Crippen LogP contribution in [-0.4, -0.2) is 37.7 Å². The van der Waals surface area contributed by atoms with Gasteiger partial charge in [0.1, 0.15) is 6.61 Å². The fourth-order valence-corrected chi connectivity index (χ4v) is 1.43. The van der Waals surface area contributed by atoms with Gasteiger partial charge >= 0.3 is 0 Å². The van der Waals surface area contributed by atoms with Gasteiger partial charge in [0.2, 0.25) is 5.91 Å². The van der Waals surface area contributed by atoms with Gasteiger partial charge in [-0.3, -0.25) is 4.79 Å². The molecule has 1 amide bonds. The van der Waals surface area contributed by atoms with Gasteiger partial charge < -0.3 is 15.4 Å². The van der Waals surface area contributed by atoms with Gasteiger partial charge in [0.05, 0.1) is 6.10 Å². The lowest BCUT2D eigenvalue weighted by atomic mass is 10.1. The molecule has 0 aromatic rings. The van der Waals surface area contributed by atoms with Crippen molar-refractivity contribution in [3.63, 3.8) is 0 Å². The molecule has 0 bridgehead atoms. The van der Waals surface area contributed by atoms with E-state index in [0.717, 1.165) is 19.5 Å². The third-order valence-electron chi connectivity index (χ3n) is 2.85. The number of carbonyl (C=O) groups is 1. The van der Waals surface area contributed by atoms with Crippen molar-refractivity contribution in [2.75, 3.05) is 19.7 Å². The number of carbonyl (C=O) groups excluding carboxylic acids is 1. The molecule has 4 nitrogen and oxygen atoms in total. The fraction of sp³-hybridized carbons (Fsp3) is 0.909. The van der Waals surface area contributed by atoms with E-state index in [9.17, 15) is 4.79 Å². The van der Waals surface area contributed by atoms with Crippen LogP contribution < -0.4 is 10.6 Å². The Labute approximate surface area is 91.8 Å². The number of ether oxygens (including phenoxy) is 1. The van der Waals surface area contributed by atoms with Gasteiger partial charge in [-0.05, 0) is 25.8 Å². The number of hydrogen-bond donors (Lipinski definition) is 2. The minimum Gasteiger partial charge on any atom is -0.367 e. The predicted octanol–water partition coefficient (Wildman–Crippen LogP) is 0.526. The Hall–Kier alpha value is -0.610. The van der Waals surface area contributed by atoms with Gasteiger partial charge in [-0.25, -0.2) is 0 Å². The molecular weight excluding hydrogens is 192 g/mol. The number of amides is 1. The zero-order chi connectivity index (χ0) is 11.3. The molecule has 1 aliphatic rings. The first-order valence-corrected chi connectivity index (χ1v) is 5.71. The maximum atomic E-state index is 11.5. The summed E-state index contributed by atoms with van der Waals surface area (Å²) < 4.78 is 5.47. The molecule has 1 fully saturated rings. The molecule has 0 aliphatic carbocycles. The first-order valence-electron chi connectivity index (χ1n) is 5.71. The van der Waals surface area contributed by atoms with Crippen LogP contribution in [0.15, 0.2) is 0 Å². The summed E-state index contributed by atoms with van der Waals surface area (Å²) in [4.78, 5) is 11.5. The summed E-state index contributed by atoms with van der Waals surface area (Å²) in [6.07, 6.45) is 1.22. The topological polar surface area (TPSA) is 50.4 Å². The average Bonchev–Trinajstić information content (AvgIpc) is 2.66. The summed E-state index contributed by atoms with van der Waals surface area (Å²) in [6.45, 7) is 8.24. The van der Waals surface area contributed by atoms with E-state index in [4.69, 9.17) is 4.74 Å². The molecule has 0 aromatic carbocycles. The summed E-state index contributed by atoms with van der Waals surface area (Å²) in [6, 6.07) is 0.211. The van der Waals surface area contributed by atoms with Crippen LogP contribution in [0.2, 0.25) is 0 Å². The predicted molar refractivity (Wildman–Crippen MR) is 59.7 cm³/mol. The zero-order valence-corrected chi connectivity index (χ0v) is 9.88. The lowest BCUT2D eigenvalue weighted by molar-refractivity contribution is -0.128. The highest BCUT2D eigenvalue weighted by molar-refractivity contribution is 5.77. The molecular formula is C11H22N2O2. The van der Waals surface area contributed by atoms with Crippen LogP contribution in [-0.2, 0) is 9.53 Å². The van der Waals surface area contributed by atoms with E-state index in [0.29, 0.717) is 5.92 Å². The first kappa shape index (κ1) is 12.5. The molecule has 0 spiro atoms. The fourth-order valence-electron chi connectivity index (χ4n) is 1.43. The second-order valence-corrected chi connectivity index (χ2v) is 4.53. The summed E-state index contributed by atoms with van der Waals surface area (Å²) >= 11 is 0. The third-order valence-corrected chi connectivity index (χ3v) is 2.85. The van der Waals surface area contributed by atoms with Crippen molar-refractivity contribution < 1.29 is 9.53 Å². The van der Waals surface area contributed by atoms with Gasteiger partial charge in [-0.15, -0.1) is 0 Å². The van der Waals surface area contributed by atoms with Crippen molar-refractivity contribution in [1.29, 1.82) is 0 Å². The summed E-state index contributed by atoms with van der Waals surface area (Å²) in [5.74, 6) is 0.449. The monoisotopic (exact) mass is 214 g/mol. The number of nitrogens with one attached hydrogen (secondary N) is 2. The summed E-state index contributed by atoms with van der Waals surface area (Å²) in [7, 11) is 0. The van der Waals surface area contributed by atoms with Crippen LogP contribution in [0, 0.1) is 5.92 Å². The summed E-state index contributed by atoms with van der Waals surface area (Å²) in [5, 5.41) is 6.12. The molecule has 2 unspecified atom stereocenters. The second kappa shape index (κ2) is 6.08. The zero-order valence-electron chi connectivity index (χ0n) is 9.88. The lowest BCUT2D eigenvalue weighted by Gasteiger charge is -2.18. The van der Waals surface area contributed by atoms with Gasteiger partial charge in [-0.1, -0.05) is 13.8 Å². The molecule has 88 valence electrons. The largest absolute Gasteiger partial charge is 0.367 e. The molecule has 2 N–H and O–H groups in total. The number of rotatable bonds is 5. The molecule has 1 heterocycles. The van der Waals surface area contributed by atoms with Crippen LogP contribution in [0.5, 0.6) is 0 Å². The molecule has 2 atom stereocenters. The van der Waals surface area contributed by atoms with E-state index in [2.05, 4.69) is 24.5 Å². The molecule has 0 radical (unpaired) electrons. The molecule has 0 aromatic heterocycles. The van der Waals surface area contributed by atoms with Gasteiger partial charge in [0, 0.05) is 12.6 Å². The SMILES string of the molecule is CC(C)C(C)NC(=O)COC1CCNC1. The molecule has 1 rings (SSSR count). The van der Waals surface area contributed by atoms with E-state index in [-0.39, 0.29) is 24.7 Å². The third kappa shape index (κ3) is 4.62. The van der Waals surface area contributed by atoms with E-state index in [1.54, 1.807) is 0 Å². The highest BCUT2D eigenvalue weighted by Crippen LogP contribution is 2.03. The molecule has 0 saturated carbocycles. The van der Waals surface area contributed by atoms with Crippen LogP contribution in [0.3, 0.4) is 0 Å². The van der Waals surface area contributed by atoms with Crippen LogP contribution in [0.4, 0.5) is 0 Å². The highest BCUT2D eigenvalue weighted by atomic mass is 16.5. The minimum absolute atomic E-state index is 0.0110. The molecule has 1 aliphatic heterocycles. The van der Waals surface area contributed by atoms with Crippen molar-refractivity contribution in [2.45, 2.75) is 39.3 Å². The van der Waals surface area contributed by atoms with E-state index < -0.39 is 0 Å². The maximum absolute atomic E-state index is 11.5. The van der Waals surface area contributed by atoms with Crippen molar-refractivity contribution >= 4 is 5.91 Å². The minimum atomic E-state index is -0.0110. The van der Waals surface area contributed by atoms with Crippen molar-refractivity contribution in [2.24, 2.45) is 5.92 Å². The second-order valence-electron chi connectivity index (χ2n) is 4.53. The Morgan fingerprint density at radius 2 is 2.27 bits per heavy atom. The van der Waals surface area contributed by atoms with Gasteiger partial charge in [0.15, 0.2) is 0 Å². The quantitative estimate of drug-likeness (QED) is 0.701. The van der Waals surface area contributed by atoms with Gasteiger partial charge in [-0.2, -0.15) is 0 Å². The molecule has 4 heteroatoms. The average molecular weight is 214 g/mol. The van der Waals surface area contributed by atoms with Crippen LogP contribution in [0.25, 0.3) is 0 Å². The Morgan fingerprint density at radius 3 is 2.80 bits per heavy atom. The Balaban J connectivity index is 2.12. The summed E-state index contributed by atoms with van der Waals surface area (Å²) in [5.41, 5.74) is 0. The van der Waals surface area contributed by atoms with Crippen molar-refractivity contribution in [1.82, 2.24) is 10.6 Å². The van der Waals surface area contributed by atoms with E-state index in [1.807, 2.05) is 6.92 Å². The van der Waals surface area contributed by atoms with Crippen molar-refractivity contribution in [3.8, 4) is 0 Å². The smallest absolute Gasteiger partial charge is 0.246 e. The molecule has 1 saturated heterocycles. The maximum Gasteiger partial charge on any atom is 0.246 e. The Kier molecular flexibility index (Phi) is 5.05. The molecule has 15 heavy (non-hydrogen) atoms. The lowest BCUT2D eigenvalue weighted by Crippen LogP contribution is -2.39. The van der Waals surface area contributed by atoms with E-state index >= 15 is 0 Å². The van der Waals surface area contributed by atoms with Gasteiger partial charge in [0.25, 0.3) is 0 Å². The van der Waals surface area contributed by atoms with Crippen LogP contribution >= 0.6 is 0 Å². The van der Waals surface area contributed by atoms with Crippen molar-refractivity contribution in [3.05, 3.63) is 0 Å². The Morgan fingerprint density at radius 1 is 1.53 bits per heavy atom. The standard InChI is InChI=1S/C11H22N2O2/c1-8(2)9(3)13-11(14)7-15-10-4-5-12-6-10/h8-10,12H,4-7H2,1-3H3,(H,13,14). The number of hydrogen-bond acceptors (Lipinski definition) is 3. The normalized spacial score (nSPS) is 23.1. The van der Waals surface area contributed by atoms with Crippen LogP contribution in [0.1, 0.15) is 27.2 Å². The highest BCUT2D eigenvalue weighted by Gasteiger charge is 2.17. The first-order chi connectivity index (χ1) is 7.09.